The second-order valence-electron chi connectivity index (χ2n) is 8.31. The molecule has 0 radical (unpaired) electrons. The number of amides is 3. The Morgan fingerprint density at radius 1 is 0.973 bits per heavy atom. The first-order valence-corrected chi connectivity index (χ1v) is 12.7. The first-order valence-electron chi connectivity index (χ1n) is 11.3. The summed E-state index contributed by atoms with van der Waals surface area (Å²) in [6, 6.07) is 15.2. The second-order valence-corrected chi connectivity index (χ2v) is 10.1. The average Bonchev–Trinajstić information content (AvgIpc) is 2.90. The Kier molecular flexibility index (Phi) is 7.25. The van der Waals surface area contributed by atoms with Gasteiger partial charge < -0.3 is 10.1 Å². The number of anilines is 1. The minimum atomic E-state index is -4.34. The lowest BCUT2D eigenvalue weighted by Gasteiger charge is -2.34. The number of ether oxygens (including phenoxy) is 1. The Bertz CT molecular complexity index is 1460. The van der Waals surface area contributed by atoms with Crippen LogP contribution in [0.2, 0.25) is 0 Å². The maximum Gasteiger partial charge on any atom is 0.338 e. The van der Waals surface area contributed by atoms with E-state index < -0.39 is 40.1 Å². The van der Waals surface area contributed by atoms with Gasteiger partial charge >= 0.3 is 6.03 Å². The van der Waals surface area contributed by atoms with Crippen LogP contribution in [0.15, 0.2) is 71.6 Å². The summed E-state index contributed by atoms with van der Waals surface area (Å²) >= 11 is 0. The van der Waals surface area contributed by atoms with Gasteiger partial charge in [0.05, 0.1) is 12.8 Å². The van der Waals surface area contributed by atoms with Gasteiger partial charge in [-0.1, -0.05) is 12.1 Å². The fourth-order valence-electron chi connectivity index (χ4n) is 3.86. The number of sulfonamides is 1. The third-order valence-corrected chi connectivity index (χ3v) is 7.77. The van der Waals surface area contributed by atoms with Gasteiger partial charge in [-0.2, -0.15) is 0 Å². The van der Waals surface area contributed by atoms with E-state index in [2.05, 4.69) is 5.32 Å². The highest BCUT2D eigenvalue weighted by atomic mass is 32.2. The standard InChI is InChI=1S/C26H24FN3O6S/c1-29-22-12-7-19(25(32)28-16-17-3-10-21(36-2)11-4-17)15-24(22)37(34,35)30(26(29)33)14-13-23(31)18-5-8-20(27)9-6-18/h3-12,15H,13-14,16H2,1-2H3,(H,28,32). The summed E-state index contributed by atoms with van der Waals surface area (Å²) in [6.07, 6.45) is -0.290. The van der Waals surface area contributed by atoms with E-state index in [4.69, 9.17) is 4.74 Å². The van der Waals surface area contributed by atoms with Crippen LogP contribution in [0.25, 0.3) is 0 Å². The largest absolute Gasteiger partial charge is 0.497 e. The highest BCUT2D eigenvalue weighted by molar-refractivity contribution is 7.90. The van der Waals surface area contributed by atoms with Gasteiger partial charge in [-0.3, -0.25) is 14.5 Å². The number of ketones is 1. The molecular weight excluding hydrogens is 501 g/mol. The molecule has 1 aliphatic heterocycles. The molecule has 0 saturated carbocycles. The van der Waals surface area contributed by atoms with Crippen LogP contribution in [0, 0.1) is 5.82 Å². The first-order chi connectivity index (χ1) is 17.6. The lowest BCUT2D eigenvalue weighted by molar-refractivity contribution is 0.0948. The Balaban J connectivity index is 1.52. The topological polar surface area (TPSA) is 113 Å². The van der Waals surface area contributed by atoms with Gasteiger partial charge in [0.25, 0.3) is 15.9 Å². The first kappa shape index (κ1) is 25.8. The zero-order chi connectivity index (χ0) is 26.7. The van der Waals surface area contributed by atoms with Crippen LogP contribution in [0.1, 0.15) is 32.7 Å². The molecule has 1 aliphatic rings. The third kappa shape index (κ3) is 5.31. The van der Waals surface area contributed by atoms with E-state index in [1.807, 2.05) is 0 Å². The van der Waals surface area contributed by atoms with Gasteiger partial charge in [0.2, 0.25) is 0 Å². The van der Waals surface area contributed by atoms with Gasteiger partial charge in [-0.25, -0.2) is 21.9 Å². The van der Waals surface area contributed by atoms with Crippen molar-refractivity contribution in [3.8, 4) is 5.75 Å². The summed E-state index contributed by atoms with van der Waals surface area (Å²) < 4.78 is 45.5. The molecule has 37 heavy (non-hydrogen) atoms. The smallest absolute Gasteiger partial charge is 0.338 e. The summed E-state index contributed by atoms with van der Waals surface area (Å²) in [5.41, 5.74) is 1.24. The van der Waals surface area contributed by atoms with Crippen molar-refractivity contribution in [1.29, 1.82) is 0 Å². The molecule has 11 heteroatoms. The minimum absolute atomic E-state index is 0.0981. The molecule has 0 unspecified atom stereocenters. The average molecular weight is 526 g/mol. The lowest BCUT2D eigenvalue weighted by atomic mass is 10.1. The van der Waals surface area contributed by atoms with Gasteiger partial charge in [0.15, 0.2) is 5.78 Å². The molecule has 1 heterocycles. The Hall–Kier alpha value is -4.25. The van der Waals surface area contributed by atoms with Crippen molar-refractivity contribution in [1.82, 2.24) is 9.62 Å². The quantitative estimate of drug-likeness (QED) is 0.450. The fraction of sp³-hybridized carbons (Fsp3) is 0.192. The van der Waals surface area contributed by atoms with Gasteiger partial charge in [-0.15, -0.1) is 0 Å². The van der Waals surface area contributed by atoms with E-state index in [1.165, 1.54) is 37.4 Å². The maximum absolute atomic E-state index is 13.3. The molecule has 192 valence electrons. The maximum atomic E-state index is 13.3. The van der Waals surface area contributed by atoms with Crippen molar-refractivity contribution in [3.63, 3.8) is 0 Å². The monoisotopic (exact) mass is 525 g/mol. The number of benzene rings is 3. The molecule has 0 aromatic heterocycles. The zero-order valence-corrected chi connectivity index (χ0v) is 20.9. The van der Waals surface area contributed by atoms with Crippen LogP contribution in [0.3, 0.4) is 0 Å². The van der Waals surface area contributed by atoms with Gasteiger partial charge in [0.1, 0.15) is 16.5 Å². The molecule has 3 aromatic rings. The van der Waals surface area contributed by atoms with Crippen LogP contribution in [-0.2, 0) is 16.6 Å². The zero-order valence-electron chi connectivity index (χ0n) is 20.1. The molecule has 1 N–H and O–H groups in total. The number of Topliss-reactive ketones (excluding diaryl/α,β-unsaturated/α-hetero) is 1. The summed E-state index contributed by atoms with van der Waals surface area (Å²) in [6.45, 7) is -0.197. The van der Waals surface area contributed by atoms with E-state index in [-0.39, 0.29) is 34.7 Å². The predicted octanol–water partition coefficient (Wildman–Crippen LogP) is 3.60. The number of nitrogens with zero attached hydrogens (tertiary/aromatic N) is 2. The molecule has 3 aromatic carbocycles. The normalized spacial score (nSPS) is 14.2. The summed E-state index contributed by atoms with van der Waals surface area (Å²) in [7, 11) is -1.38. The molecule has 0 fully saturated rings. The third-order valence-electron chi connectivity index (χ3n) is 5.97. The molecule has 4 rings (SSSR count). The molecule has 0 saturated heterocycles. The van der Waals surface area contributed by atoms with E-state index in [1.54, 1.807) is 31.4 Å². The Labute approximate surface area is 213 Å². The van der Waals surface area contributed by atoms with E-state index in [0.717, 1.165) is 22.6 Å². The molecule has 0 atom stereocenters. The van der Waals surface area contributed by atoms with E-state index in [9.17, 15) is 27.2 Å². The van der Waals surface area contributed by atoms with E-state index in [0.29, 0.717) is 10.1 Å². The number of carbonyl (C=O) groups is 3. The Morgan fingerprint density at radius 2 is 1.62 bits per heavy atom. The van der Waals surface area contributed by atoms with Crippen LogP contribution < -0.4 is 15.0 Å². The van der Waals surface area contributed by atoms with Crippen molar-refractivity contribution in [2.24, 2.45) is 0 Å². The number of hydrogen-bond acceptors (Lipinski definition) is 6. The van der Waals surface area contributed by atoms with Crippen LogP contribution >= 0.6 is 0 Å². The number of methoxy groups -OCH3 is 1. The summed E-state index contributed by atoms with van der Waals surface area (Å²) in [5.74, 6) is -0.764. The number of halogens is 1. The second kappa shape index (κ2) is 10.4. The molecular formula is C26H24FN3O6S. The molecule has 0 bridgehead atoms. The summed E-state index contributed by atoms with van der Waals surface area (Å²) in [5, 5.41) is 2.74. The van der Waals surface area contributed by atoms with Crippen LogP contribution in [-0.4, -0.2) is 51.1 Å². The van der Waals surface area contributed by atoms with Gasteiger partial charge in [0, 0.05) is 37.7 Å². The van der Waals surface area contributed by atoms with Crippen molar-refractivity contribution in [3.05, 3.63) is 89.2 Å². The fourth-order valence-corrected chi connectivity index (χ4v) is 5.50. The number of fused-ring (bicyclic) bond motifs is 1. The molecule has 9 nitrogen and oxygen atoms in total. The Morgan fingerprint density at radius 3 is 2.27 bits per heavy atom. The number of rotatable bonds is 8. The van der Waals surface area contributed by atoms with Crippen molar-refractivity contribution in [2.75, 3.05) is 25.6 Å². The van der Waals surface area contributed by atoms with E-state index >= 15 is 0 Å². The molecule has 0 aliphatic carbocycles. The van der Waals surface area contributed by atoms with Crippen LogP contribution in [0.5, 0.6) is 5.75 Å². The van der Waals surface area contributed by atoms with Crippen molar-refractivity contribution < 1.29 is 31.9 Å². The van der Waals surface area contributed by atoms with Crippen LogP contribution in [0.4, 0.5) is 14.9 Å². The predicted molar refractivity (Wildman–Crippen MR) is 134 cm³/mol. The molecule has 3 amide bonds. The lowest BCUT2D eigenvalue weighted by Crippen LogP contribution is -2.49. The van der Waals surface area contributed by atoms with Crippen molar-refractivity contribution in [2.45, 2.75) is 17.9 Å². The number of urea groups is 1. The molecule has 0 spiro atoms. The van der Waals surface area contributed by atoms with Crippen molar-refractivity contribution >= 4 is 33.4 Å². The number of hydrogen-bond donors (Lipinski definition) is 1. The highest BCUT2D eigenvalue weighted by Gasteiger charge is 2.40. The number of nitrogens with one attached hydrogen (secondary N) is 1. The number of carbonyl (C=O) groups excluding carboxylic acids is 3. The SMILES string of the molecule is COc1ccc(CNC(=O)c2ccc3c(c2)S(=O)(=O)N(CCC(=O)c2ccc(F)cc2)C(=O)N3C)cc1. The van der Waals surface area contributed by atoms with Gasteiger partial charge in [-0.05, 0) is 60.2 Å². The highest BCUT2D eigenvalue weighted by Crippen LogP contribution is 2.34. The minimum Gasteiger partial charge on any atom is -0.497 e. The summed E-state index contributed by atoms with van der Waals surface area (Å²) in [4.78, 5) is 39.0.